The van der Waals surface area contributed by atoms with E-state index in [4.69, 9.17) is 4.84 Å². The fraction of sp³-hybridized carbons (Fsp3) is 0.571. The highest BCUT2D eigenvalue weighted by Crippen LogP contribution is 2.11. The molecule has 1 aromatic carbocycles. The third-order valence-electron chi connectivity index (χ3n) is 2.50. The molecule has 0 bridgehead atoms. The standard InChI is InChI=1S/C14H23NO/c1-3-5-12-15(13-6-4-2)16-14-10-8-7-9-11-14/h7-11H,3-6,12-13H2,1-2H3. The fourth-order valence-electron chi connectivity index (χ4n) is 1.50. The SMILES string of the molecule is CCCCN(CCCC)Oc1ccccc1. The average Bonchev–Trinajstić information content (AvgIpc) is 2.34. The van der Waals surface area contributed by atoms with Gasteiger partial charge in [0, 0.05) is 13.1 Å². The summed E-state index contributed by atoms with van der Waals surface area (Å²) in [7, 11) is 0. The molecule has 0 atom stereocenters. The lowest BCUT2D eigenvalue weighted by molar-refractivity contribution is -0.0601. The maximum Gasteiger partial charge on any atom is 0.147 e. The van der Waals surface area contributed by atoms with Gasteiger partial charge < -0.3 is 4.84 Å². The van der Waals surface area contributed by atoms with Gasteiger partial charge in [-0.2, -0.15) is 0 Å². The molecule has 0 saturated carbocycles. The number of nitrogens with zero attached hydrogens (tertiary/aromatic N) is 1. The molecule has 0 aliphatic rings. The van der Waals surface area contributed by atoms with Gasteiger partial charge in [-0.25, -0.2) is 0 Å². The molecule has 90 valence electrons. The Labute approximate surface area is 99.2 Å². The number of benzene rings is 1. The van der Waals surface area contributed by atoms with E-state index in [9.17, 15) is 0 Å². The van der Waals surface area contributed by atoms with Crippen molar-refractivity contribution in [2.45, 2.75) is 39.5 Å². The summed E-state index contributed by atoms with van der Waals surface area (Å²) >= 11 is 0. The Morgan fingerprint density at radius 1 is 0.938 bits per heavy atom. The van der Waals surface area contributed by atoms with Crippen LogP contribution in [0.1, 0.15) is 39.5 Å². The monoisotopic (exact) mass is 221 g/mol. The zero-order chi connectivity index (χ0) is 11.6. The minimum Gasteiger partial charge on any atom is -0.406 e. The predicted octanol–water partition coefficient (Wildman–Crippen LogP) is 3.88. The van der Waals surface area contributed by atoms with Crippen molar-refractivity contribution in [3.05, 3.63) is 30.3 Å². The van der Waals surface area contributed by atoms with Gasteiger partial charge in [-0.3, -0.25) is 0 Å². The van der Waals surface area contributed by atoms with Gasteiger partial charge >= 0.3 is 0 Å². The molecule has 1 aromatic rings. The Morgan fingerprint density at radius 3 is 2.00 bits per heavy atom. The van der Waals surface area contributed by atoms with Gasteiger partial charge in [-0.15, -0.1) is 5.06 Å². The molecule has 0 fully saturated rings. The maximum absolute atomic E-state index is 5.85. The van der Waals surface area contributed by atoms with Crippen molar-refractivity contribution in [2.75, 3.05) is 13.1 Å². The lowest BCUT2D eigenvalue weighted by Gasteiger charge is -2.22. The van der Waals surface area contributed by atoms with Crippen molar-refractivity contribution in [1.29, 1.82) is 0 Å². The number of para-hydroxylation sites is 1. The summed E-state index contributed by atoms with van der Waals surface area (Å²) in [4.78, 5) is 5.85. The summed E-state index contributed by atoms with van der Waals surface area (Å²) in [5.41, 5.74) is 0. The van der Waals surface area contributed by atoms with Gasteiger partial charge in [-0.05, 0) is 25.0 Å². The van der Waals surface area contributed by atoms with Crippen LogP contribution in [0.5, 0.6) is 5.75 Å². The first-order valence-corrected chi connectivity index (χ1v) is 6.34. The van der Waals surface area contributed by atoms with Gasteiger partial charge in [0.15, 0.2) is 0 Å². The number of hydrogen-bond acceptors (Lipinski definition) is 2. The number of unbranched alkanes of at least 4 members (excludes halogenated alkanes) is 2. The van der Waals surface area contributed by atoms with Crippen LogP contribution in [0.4, 0.5) is 0 Å². The highest BCUT2D eigenvalue weighted by Gasteiger charge is 2.05. The second-order valence-corrected chi connectivity index (χ2v) is 4.04. The topological polar surface area (TPSA) is 12.5 Å². The number of hydroxylamine groups is 2. The molecule has 16 heavy (non-hydrogen) atoms. The first-order chi connectivity index (χ1) is 7.86. The van der Waals surface area contributed by atoms with Crippen molar-refractivity contribution in [2.24, 2.45) is 0 Å². The third-order valence-corrected chi connectivity index (χ3v) is 2.50. The summed E-state index contributed by atoms with van der Waals surface area (Å²) < 4.78 is 0. The lowest BCUT2D eigenvalue weighted by atomic mass is 10.3. The van der Waals surface area contributed by atoms with Gasteiger partial charge in [0.2, 0.25) is 0 Å². The van der Waals surface area contributed by atoms with Crippen LogP contribution in [-0.4, -0.2) is 18.2 Å². The van der Waals surface area contributed by atoms with Crippen molar-refractivity contribution >= 4 is 0 Å². The van der Waals surface area contributed by atoms with E-state index in [2.05, 4.69) is 18.9 Å². The highest BCUT2D eigenvalue weighted by molar-refractivity contribution is 5.20. The third kappa shape index (κ3) is 5.17. The molecule has 2 nitrogen and oxygen atoms in total. The van der Waals surface area contributed by atoms with Gasteiger partial charge in [0.25, 0.3) is 0 Å². The zero-order valence-corrected chi connectivity index (χ0v) is 10.5. The van der Waals surface area contributed by atoms with Gasteiger partial charge in [-0.1, -0.05) is 44.9 Å². The van der Waals surface area contributed by atoms with Crippen LogP contribution in [0, 0.1) is 0 Å². The van der Waals surface area contributed by atoms with E-state index in [1.807, 2.05) is 30.3 Å². The molecule has 2 heteroatoms. The van der Waals surface area contributed by atoms with Crippen molar-refractivity contribution < 1.29 is 4.84 Å². The van der Waals surface area contributed by atoms with Crippen LogP contribution >= 0.6 is 0 Å². The summed E-state index contributed by atoms with van der Waals surface area (Å²) in [5, 5.41) is 2.09. The van der Waals surface area contributed by atoms with Crippen LogP contribution in [0.25, 0.3) is 0 Å². The van der Waals surface area contributed by atoms with E-state index in [1.54, 1.807) is 0 Å². The molecular weight excluding hydrogens is 198 g/mol. The molecule has 0 saturated heterocycles. The van der Waals surface area contributed by atoms with E-state index < -0.39 is 0 Å². The van der Waals surface area contributed by atoms with Crippen LogP contribution < -0.4 is 4.84 Å². The summed E-state index contributed by atoms with van der Waals surface area (Å²) in [6.07, 6.45) is 4.80. The number of hydrogen-bond donors (Lipinski definition) is 0. The van der Waals surface area contributed by atoms with Gasteiger partial charge in [0.1, 0.15) is 5.75 Å². The van der Waals surface area contributed by atoms with Crippen LogP contribution in [0.15, 0.2) is 30.3 Å². The van der Waals surface area contributed by atoms with Crippen LogP contribution in [0.3, 0.4) is 0 Å². The molecule has 1 rings (SSSR count). The Morgan fingerprint density at radius 2 is 1.50 bits per heavy atom. The first-order valence-electron chi connectivity index (χ1n) is 6.34. The van der Waals surface area contributed by atoms with E-state index in [0.29, 0.717) is 0 Å². The summed E-state index contributed by atoms with van der Waals surface area (Å²) in [6, 6.07) is 10.0. The molecule has 0 heterocycles. The molecule has 0 aliphatic heterocycles. The van der Waals surface area contributed by atoms with Crippen molar-refractivity contribution in [3.8, 4) is 5.75 Å². The molecule has 0 unspecified atom stereocenters. The molecule has 0 aromatic heterocycles. The normalized spacial score (nSPS) is 10.7. The molecule has 0 N–H and O–H groups in total. The predicted molar refractivity (Wildman–Crippen MR) is 68.5 cm³/mol. The molecule has 0 radical (unpaired) electrons. The van der Waals surface area contributed by atoms with Crippen LogP contribution in [0.2, 0.25) is 0 Å². The van der Waals surface area contributed by atoms with E-state index in [-0.39, 0.29) is 0 Å². The second-order valence-electron chi connectivity index (χ2n) is 4.04. The summed E-state index contributed by atoms with van der Waals surface area (Å²) in [5.74, 6) is 0.940. The first kappa shape index (κ1) is 13.0. The quantitative estimate of drug-likeness (QED) is 0.618. The Kier molecular flexibility index (Phi) is 6.66. The summed E-state index contributed by atoms with van der Waals surface area (Å²) in [6.45, 7) is 6.46. The highest BCUT2D eigenvalue weighted by atomic mass is 16.7. The lowest BCUT2D eigenvalue weighted by Crippen LogP contribution is -2.29. The largest absolute Gasteiger partial charge is 0.406 e. The minimum atomic E-state index is 0.940. The van der Waals surface area contributed by atoms with Gasteiger partial charge in [0.05, 0.1) is 0 Å². The Balaban J connectivity index is 2.42. The van der Waals surface area contributed by atoms with Crippen molar-refractivity contribution in [3.63, 3.8) is 0 Å². The Hall–Kier alpha value is -1.02. The molecular formula is C14H23NO. The smallest absolute Gasteiger partial charge is 0.147 e. The van der Waals surface area contributed by atoms with Crippen LogP contribution in [-0.2, 0) is 0 Å². The maximum atomic E-state index is 5.85. The Bertz CT molecular complexity index is 253. The molecule has 0 spiro atoms. The second kappa shape index (κ2) is 8.17. The van der Waals surface area contributed by atoms with E-state index in [0.717, 1.165) is 18.8 Å². The fourth-order valence-corrected chi connectivity index (χ4v) is 1.50. The average molecular weight is 221 g/mol. The van der Waals surface area contributed by atoms with E-state index in [1.165, 1.54) is 25.7 Å². The number of rotatable bonds is 8. The zero-order valence-electron chi connectivity index (χ0n) is 10.5. The molecule has 0 amide bonds. The van der Waals surface area contributed by atoms with E-state index >= 15 is 0 Å². The molecule has 0 aliphatic carbocycles. The minimum absolute atomic E-state index is 0.940. The van der Waals surface area contributed by atoms with Crippen molar-refractivity contribution in [1.82, 2.24) is 5.06 Å².